The molecular weight excluding hydrogens is 226 g/mol. The van der Waals surface area contributed by atoms with Gasteiger partial charge in [-0.2, -0.15) is 5.26 Å². The summed E-state index contributed by atoms with van der Waals surface area (Å²) in [4.78, 5) is 0. The largest absolute Gasteiger partial charge is 0.490 e. The third-order valence-corrected chi connectivity index (χ3v) is 2.13. The predicted octanol–water partition coefficient (Wildman–Crippen LogP) is 3.02. The Morgan fingerprint density at radius 3 is 2.81 bits per heavy atom. The number of ether oxygens (including phenoxy) is 2. The standard InChI is InChI=1S/C12H14ClNO2/c1-2-5-15-6-7-16-12-8-11(13)4-3-10(12)9-14/h3-4,8H,2,5-7H2,1H3. The van der Waals surface area contributed by atoms with Gasteiger partial charge >= 0.3 is 0 Å². The SMILES string of the molecule is CCCOCCOc1cc(Cl)ccc1C#N. The van der Waals surface area contributed by atoms with Crippen LogP contribution in [0.5, 0.6) is 5.75 Å². The van der Waals surface area contributed by atoms with Crippen molar-refractivity contribution in [1.82, 2.24) is 0 Å². The number of hydrogen-bond donors (Lipinski definition) is 0. The first kappa shape index (κ1) is 12.8. The summed E-state index contributed by atoms with van der Waals surface area (Å²) in [6.07, 6.45) is 0.987. The topological polar surface area (TPSA) is 42.2 Å². The van der Waals surface area contributed by atoms with Crippen molar-refractivity contribution in [1.29, 1.82) is 5.26 Å². The number of nitrogens with zero attached hydrogens (tertiary/aromatic N) is 1. The Kier molecular flexibility index (Phi) is 5.69. The maximum Gasteiger partial charge on any atom is 0.138 e. The van der Waals surface area contributed by atoms with Crippen LogP contribution in [0.1, 0.15) is 18.9 Å². The molecule has 0 atom stereocenters. The van der Waals surface area contributed by atoms with Crippen molar-refractivity contribution in [3.63, 3.8) is 0 Å². The Hall–Kier alpha value is -1.24. The van der Waals surface area contributed by atoms with Gasteiger partial charge in [-0.05, 0) is 18.6 Å². The molecule has 0 N–H and O–H groups in total. The summed E-state index contributed by atoms with van der Waals surface area (Å²) in [5.74, 6) is 0.509. The highest BCUT2D eigenvalue weighted by Crippen LogP contribution is 2.22. The molecule has 0 saturated carbocycles. The molecule has 1 aromatic rings. The van der Waals surface area contributed by atoms with Gasteiger partial charge in [0.25, 0.3) is 0 Å². The minimum atomic E-state index is 0.426. The van der Waals surface area contributed by atoms with E-state index in [0.717, 1.165) is 13.0 Å². The molecule has 0 aliphatic heterocycles. The van der Waals surface area contributed by atoms with E-state index in [4.69, 9.17) is 26.3 Å². The van der Waals surface area contributed by atoms with Crippen molar-refractivity contribution in [2.45, 2.75) is 13.3 Å². The van der Waals surface area contributed by atoms with Crippen LogP contribution in [0.2, 0.25) is 5.02 Å². The molecule has 0 radical (unpaired) electrons. The Morgan fingerprint density at radius 2 is 2.12 bits per heavy atom. The minimum absolute atomic E-state index is 0.426. The van der Waals surface area contributed by atoms with Crippen LogP contribution in [-0.2, 0) is 4.74 Å². The van der Waals surface area contributed by atoms with Gasteiger partial charge < -0.3 is 9.47 Å². The Morgan fingerprint density at radius 1 is 1.31 bits per heavy atom. The number of rotatable bonds is 6. The first-order chi connectivity index (χ1) is 7.77. The van der Waals surface area contributed by atoms with Gasteiger partial charge in [0.2, 0.25) is 0 Å². The van der Waals surface area contributed by atoms with E-state index in [1.54, 1.807) is 18.2 Å². The lowest BCUT2D eigenvalue weighted by Gasteiger charge is -2.08. The lowest BCUT2D eigenvalue weighted by atomic mass is 10.2. The van der Waals surface area contributed by atoms with Crippen LogP contribution in [0, 0.1) is 11.3 Å². The molecule has 0 unspecified atom stereocenters. The molecule has 16 heavy (non-hydrogen) atoms. The van der Waals surface area contributed by atoms with Crippen molar-refractivity contribution in [2.24, 2.45) is 0 Å². The molecule has 0 heterocycles. The van der Waals surface area contributed by atoms with Crippen LogP contribution < -0.4 is 4.74 Å². The van der Waals surface area contributed by atoms with Crippen molar-refractivity contribution >= 4 is 11.6 Å². The van der Waals surface area contributed by atoms with Crippen molar-refractivity contribution in [2.75, 3.05) is 19.8 Å². The average molecular weight is 240 g/mol. The zero-order chi connectivity index (χ0) is 11.8. The first-order valence-corrected chi connectivity index (χ1v) is 5.56. The molecular formula is C12H14ClNO2. The molecule has 1 aromatic carbocycles. The van der Waals surface area contributed by atoms with Gasteiger partial charge in [-0.1, -0.05) is 18.5 Å². The number of hydrogen-bond acceptors (Lipinski definition) is 3. The second-order valence-electron chi connectivity index (χ2n) is 3.21. The summed E-state index contributed by atoms with van der Waals surface area (Å²) >= 11 is 5.82. The number of benzene rings is 1. The highest BCUT2D eigenvalue weighted by Gasteiger charge is 2.03. The highest BCUT2D eigenvalue weighted by molar-refractivity contribution is 6.30. The summed E-state index contributed by atoms with van der Waals surface area (Å²) in [5.41, 5.74) is 0.486. The third-order valence-electron chi connectivity index (χ3n) is 1.90. The zero-order valence-electron chi connectivity index (χ0n) is 9.20. The maximum absolute atomic E-state index is 8.85. The lowest BCUT2D eigenvalue weighted by molar-refractivity contribution is 0.100. The molecule has 0 amide bonds. The van der Waals surface area contributed by atoms with Crippen molar-refractivity contribution < 1.29 is 9.47 Å². The second-order valence-corrected chi connectivity index (χ2v) is 3.65. The van der Waals surface area contributed by atoms with E-state index < -0.39 is 0 Å². The van der Waals surface area contributed by atoms with E-state index >= 15 is 0 Å². The summed E-state index contributed by atoms with van der Waals surface area (Å²) in [6, 6.07) is 7.00. The van der Waals surface area contributed by atoms with E-state index in [0.29, 0.717) is 29.5 Å². The second kappa shape index (κ2) is 7.10. The van der Waals surface area contributed by atoms with E-state index in [2.05, 4.69) is 6.07 Å². The minimum Gasteiger partial charge on any atom is -0.490 e. The Labute approximate surface area is 101 Å². The molecule has 0 spiro atoms. The summed E-state index contributed by atoms with van der Waals surface area (Å²) < 4.78 is 10.7. The van der Waals surface area contributed by atoms with E-state index in [9.17, 15) is 0 Å². The maximum atomic E-state index is 8.85. The number of halogens is 1. The fourth-order valence-electron chi connectivity index (χ4n) is 1.16. The summed E-state index contributed by atoms with van der Waals surface area (Å²) in [5, 5.41) is 9.40. The van der Waals surface area contributed by atoms with Gasteiger partial charge in [-0.3, -0.25) is 0 Å². The molecule has 0 aromatic heterocycles. The normalized spacial score (nSPS) is 9.81. The highest BCUT2D eigenvalue weighted by atomic mass is 35.5. The summed E-state index contributed by atoms with van der Waals surface area (Å²) in [6.45, 7) is 3.72. The van der Waals surface area contributed by atoms with Gasteiger partial charge in [-0.25, -0.2) is 0 Å². The molecule has 1 rings (SSSR count). The molecule has 0 fully saturated rings. The molecule has 0 saturated heterocycles. The van der Waals surface area contributed by atoms with Gasteiger partial charge in [0, 0.05) is 17.7 Å². The monoisotopic (exact) mass is 239 g/mol. The van der Waals surface area contributed by atoms with Gasteiger partial charge in [-0.15, -0.1) is 0 Å². The average Bonchev–Trinajstić information content (AvgIpc) is 2.29. The smallest absolute Gasteiger partial charge is 0.138 e. The van der Waals surface area contributed by atoms with Crippen molar-refractivity contribution in [3.8, 4) is 11.8 Å². The summed E-state index contributed by atoms with van der Waals surface area (Å²) in [7, 11) is 0. The molecule has 0 aliphatic carbocycles. The van der Waals surface area contributed by atoms with E-state index in [1.807, 2.05) is 6.92 Å². The molecule has 4 heteroatoms. The van der Waals surface area contributed by atoms with Gasteiger partial charge in [0.05, 0.1) is 12.2 Å². The fourth-order valence-corrected chi connectivity index (χ4v) is 1.33. The van der Waals surface area contributed by atoms with E-state index in [-0.39, 0.29) is 0 Å². The van der Waals surface area contributed by atoms with Crippen LogP contribution in [0.15, 0.2) is 18.2 Å². The molecule has 3 nitrogen and oxygen atoms in total. The number of nitriles is 1. The predicted molar refractivity (Wildman–Crippen MR) is 62.8 cm³/mol. The van der Waals surface area contributed by atoms with E-state index in [1.165, 1.54) is 0 Å². The Bertz CT molecular complexity index is 374. The van der Waals surface area contributed by atoms with Crippen LogP contribution in [0.4, 0.5) is 0 Å². The molecule has 0 aliphatic rings. The van der Waals surface area contributed by atoms with Crippen LogP contribution in [-0.4, -0.2) is 19.8 Å². The van der Waals surface area contributed by atoms with Crippen LogP contribution >= 0.6 is 11.6 Å². The lowest BCUT2D eigenvalue weighted by Crippen LogP contribution is -2.07. The zero-order valence-corrected chi connectivity index (χ0v) is 9.96. The fraction of sp³-hybridized carbons (Fsp3) is 0.417. The van der Waals surface area contributed by atoms with Gasteiger partial charge in [0.1, 0.15) is 18.4 Å². The first-order valence-electron chi connectivity index (χ1n) is 5.18. The van der Waals surface area contributed by atoms with Crippen molar-refractivity contribution in [3.05, 3.63) is 28.8 Å². The van der Waals surface area contributed by atoms with Crippen LogP contribution in [0.3, 0.4) is 0 Å². The Balaban J connectivity index is 2.46. The van der Waals surface area contributed by atoms with Gasteiger partial charge in [0.15, 0.2) is 0 Å². The van der Waals surface area contributed by atoms with Crippen LogP contribution in [0.25, 0.3) is 0 Å². The quantitative estimate of drug-likeness (QED) is 0.717. The third kappa shape index (κ3) is 4.09. The molecule has 0 bridgehead atoms. The molecule has 86 valence electrons.